The zero-order chi connectivity index (χ0) is 12.3. The van der Waals surface area contributed by atoms with Gasteiger partial charge in [-0.25, -0.2) is 4.98 Å². The predicted molar refractivity (Wildman–Crippen MR) is 74.9 cm³/mol. The highest BCUT2D eigenvalue weighted by atomic mass is 15.2. The average Bonchev–Trinajstić information content (AvgIpc) is 2.39. The van der Waals surface area contributed by atoms with E-state index in [9.17, 15) is 0 Å². The quantitative estimate of drug-likeness (QED) is 0.873. The molecule has 1 N–H and O–H groups in total. The molecule has 17 heavy (non-hydrogen) atoms. The Balaban J connectivity index is 2.57. The molecule has 1 heterocycles. The number of hydrogen-bond acceptors (Lipinski definition) is 3. The highest BCUT2D eigenvalue weighted by Gasteiger charge is 2.08. The molecule has 0 aliphatic heterocycles. The Morgan fingerprint density at radius 2 is 1.94 bits per heavy atom. The molecule has 0 saturated heterocycles. The molecular weight excluding hydrogens is 210 g/mol. The van der Waals surface area contributed by atoms with E-state index in [0.29, 0.717) is 0 Å². The molecule has 0 radical (unpaired) electrons. The van der Waals surface area contributed by atoms with Gasteiger partial charge in [-0.3, -0.25) is 0 Å². The number of fused-ring (bicyclic) bond motifs is 1. The van der Waals surface area contributed by atoms with Gasteiger partial charge >= 0.3 is 0 Å². The Morgan fingerprint density at radius 3 is 2.59 bits per heavy atom. The molecule has 0 amide bonds. The lowest BCUT2D eigenvalue weighted by molar-refractivity contribution is 0.852. The summed E-state index contributed by atoms with van der Waals surface area (Å²) < 4.78 is 0. The third-order valence-corrected chi connectivity index (χ3v) is 3.10. The van der Waals surface area contributed by atoms with Crippen molar-refractivity contribution in [2.24, 2.45) is 0 Å². The summed E-state index contributed by atoms with van der Waals surface area (Å²) in [5.41, 5.74) is 1.13. The van der Waals surface area contributed by atoms with Crippen molar-refractivity contribution in [1.82, 2.24) is 4.98 Å². The maximum Gasteiger partial charge on any atom is 0.136 e. The summed E-state index contributed by atoms with van der Waals surface area (Å²) in [4.78, 5) is 6.79. The summed E-state index contributed by atoms with van der Waals surface area (Å²) >= 11 is 0. The van der Waals surface area contributed by atoms with E-state index in [-0.39, 0.29) is 0 Å². The van der Waals surface area contributed by atoms with E-state index in [2.05, 4.69) is 53.3 Å². The van der Waals surface area contributed by atoms with E-state index < -0.39 is 0 Å². The molecule has 2 rings (SSSR count). The lowest BCUT2D eigenvalue weighted by atomic mass is 10.1. The fraction of sp³-hybridized carbons (Fsp3) is 0.357. The second kappa shape index (κ2) is 5.04. The van der Waals surface area contributed by atoms with Gasteiger partial charge in [-0.15, -0.1) is 0 Å². The van der Waals surface area contributed by atoms with Crippen molar-refractivity contribution in [3.63, 3.8) is 0 Å². The van der Waals surface area contributed by atoms with E-state index in [1.165, 1.54) is 10.8 Å². The Hall–Kier alpha value is -1.77. The summed E-state index contributed by atoms with van der Waals surface area (Å²) in [7, 11) is 1.94. The molecule has 1 aromatic carbocycles. The van der Waals surface area contributed by atoms with Crippen LogP contribution in [0.25, 0.3) is 10.8 Å². The number of rotatable bonds is 4. The second-order valence-electron chi connectivity index (χ2n) is 3.99. The summed E-state index contributed by atoms with van der Waals surface area (Å²) in [6, 6.07) is 8.45. The summed E-state index contributed by atoms with van der Waals surface area (Å²) in [6.45, 7) is 6.28. The van der Waals surface area contributed by atoms with Crippen LogP contribution in [0.1, 0.15) is 13.8 Å². The van der Waals surface area contributed by atoms with E-state index in [0.717, 1.165) is 24.6 Å². The molecule has 0 spiro atoms. The predicted octanol–water partition coefficient (Wildman–Crippen LogP) is 3.12. The average molecular weight is 229 g/mol. The number of benzene rings is 1. The van der Waals surface area contributed by atoms with E-state index in [1.54, 1.807) is 0 Å². The number of pyridine rings is 1. The van der Waals surface area contributed by atoms with Crippen molar-refractivity contribution in [2.45, 2.75) is 13.8 Å². The standard InChI is InChI=1S/C14H19N3/c1-4-17(5-2)14-13-7-6-12(15-3)10-11(13)8-9-16-14/h6-10,15H,4-5H2,1-3H3. The van der Waals surface area contributed by atoms with Crippen molar-refractivity contribution >= 4 is 22.3 Å². The van der Waals surface area contributed by atoms with Crippen LogP contribution in [0.15, 0.2) is 30.5 Å². The van der Waals surface area contributed by atoms with Crippen LogP contribution < -0.4 is 10.2 Å². The fourth-order valence-corrected chi connectivity index (χ4v) is 2.09. The first kappa shape index (κ1) is 11.7. The number of hydrogen-bond donors (Lipinski definition) is 1. The number of nitrogens with one attached hydrogen (secondary N) is 1. The molecule has 1 aromatic heterocycles. The molecule has 2 aromatic rings. The smallest absolute Gasteiger partial charge is 0.136 e. The molecule has 0 unspecified atom stereocenters. The maximum absolute atomic E-state index is 4.51. The van der Waals surface area contributed by atoms with Gasteiger partial charge in [-0.2, -0.15) is 0 Å². The van der Waals surface area contributed by atoms with Crippen LogP contribution >= 0.6 is 0 Å². The van der Waals surface area contributed by atoms with Crippen LogP contribution in [0.2, 0.25) is 0 Å². The Bertz CT molecular complexity index is 504. The number of aromatic nitrogens is 1. The third kappa shape index (κ3) is 2.18. The molecule has 0 saturated carbocycles. The van der Waals surface area contributed by atoms with Gasteiger partial charge in [0, 0.05) is 37.4 Å². The normalized spacial score (nSPS) is 10.5. The SMILES string of the molecule is CCN(CC)c1nccc2cc(NC)ccc12. The lowest BCUT2D eigenvalue weighted by Crippen LogP contribution is -2.23. The van der Waals surface area contributed by atoms with E-state index in [4.69, 9.17) is 0 Å². The molecule has 3 nitrogen and oxygen atoms in total. The molecule has 90 valence electrons. The first-order valence-electron chi connectivity index (χ1n) is 6.11. The first-order chi connectivity index (χ1) is 8.30. The topological polar surface area (TPSA) is 28.2 Å². The van der Waals surface area contributed by atoms with Crippen molar-refractivity contribution in [3.8, 4) is 0 Å². The molecule has 3 heteroatoms. The monoisotopic (exact) mass is 229 g/mol. The Kier molecular flexibility index (Phi) is 3.47. The Morgan fingerprint density at radius 1 is 1.18 bits per heavy atom. The first-order valence-corrected chi connectivity index (χ1v) is 6.11. The molecule has 0 bridgehead atoms. The van der Waals surface area contributed by atoms with Gasteiger partial charge in [-0.1, -0.05) is 0 Å². The largest absolute Gasteiger partial charge is 0.388 e. The summed E-state index contributed by atoms with van der Waals surface area (Å²) in [6.07, 6.45) is 1.88. The fourth-order valence-electron chi connectivity index (χ4n) is 2.09. The number of anilines is 2. The van der Waals surface area contributed by atoms with Crippen molar-refractivity contribution in [3.05, 3.63) is 30.5 Å². The van der Waals surface area contributed by atoms with E-state index >= 15 is 0 Å². The minimum Gasteiger partial charge on any atom is -0.388 e. The van der Waals surface area contributed by atoms with Crippen LogP contribution in [0.5, 0.6) is 0 Å². The van der Waals surface area contributed by atoms with Crippen LogP contribution in [0.4, 0.5) is 11.5 Å². The summed E-state index contributed by atoms with van der Waals surface area (Å²) in [5.74, 6) is 1.08. The zero-order valence-electron chi connectivity index (χ0n) is 10.7. The van der Waals surface area contributed by atoms with Gasteiger partial charge in [0.15, 0.2) is 0 Å². The summed E-state index contributed by atoms with van der Waals surface area (Å²) in [5, 5.41) is 5.61. The minimum atomic E-state index is 0.983. The maximum atomic E-state index is 4.51. The second-order valence-corrected chi connectivity index (χ2v) is 3.99. The molecule has 0 atom stereocenters. The molecular formula is C14H19N3. The third-order valence-electron chi connectivity index (χ3n) is 3.10. The van der Waals surface area contributed by atoms with Crippen molar-refractivity contribution in [1.29, 1.82) is 0 Å². The van der Waals surface area contributed by atoms with Gasteiger partial charge in [0.25, 0.3) is 0 Å². The van der Waals surface area contributed by atoms with E-state index in [1.807, 2.05) is 13.2 Å². The number of nitrogens with zero attached hydrogens (tertiary/aromatic N) is 2. The van der Waals surface area contributed by atoms with Gasteiger partial charge in [0.1, 0.15) is 5.82 Å². The van der Waals surface area contributed by atoms with Crippen LogP contribution in [0, 0.1) is 0 Å². The lowest BCUT2D eigenvalue weighted by Gasteiger charge is -2.21. The van der Waals surface area contributed by atoms with Gasteiger partial charge in [0.2, 0.25) is 0 Å². The minimum absolute atomic E-state index is 0.983. The molecule has 0 aliphatic carbocycles. The zero-order valence-corrected chi connectivity index (χ0v) is 10.7. The van der Waals surface area contributed by atoms with Crippen molar-refractivity contribution in [2.75, 3.05) is 30.4 Å². The van der Waals surface area contributed by atoms with Crippen LogP contribution in [-0.2, 0) is 0 Å². The van der Waals surface area contributed by atoms with Crippen molar-refractivity contribution < 1.29 is 0 Å². The van der Waals surface area contributed by atoms with Crippen LogP contribution in [-0.4, -0.2) is 25.1 Å². The van der Waals surface area contributed by atoms with Gasteiger partial charge in [-0.05, 0) is 43.5 Å². The van der Waals surface area contributed by atoms with Crippen LogP contribution in [0.3, 0.4) is 0 Å². The highest BCUT2D eigenvalue weighted by molar-refractivity contribution is 5.94. The Labute approximate surface area is 102 Å². The highest BCUT2D eigenvalue weighted by Crippen LogP contribution is 2.26. The van der Waals surface area contributed by atoms with Gasteiger partial charge < -0.3 is 10.2 Å². The molecule has 0 fully saturated rings. The molecule has 0 aliphatic rings. The van der Waals surface area contributed by atoms with Gasteiger partial charge in [0.05, 0.1) is 0 Å².